The van der Waals surface area contributed by atoms with Crippen molar-refractivity contribution < 1.29 is 9.53 Å². The Morgan fingerprint density at radius 2 is 2.12 bits per heavy atom. The molecular formula is C12H10BrNO2S. The third-order valence-corrected chi connectivity index (χ3v) is 3.89. The van der Waals surface area contributed by atoms with Crippen LogP contribution in [0.3, 0.4) is 0 Å². The number of hydrogen-bond donors (Lipinski definition) is 1. The fourth-order valence-electron chi connectivity index (χ4n) is 1.47. The fourth-order valence-corrected chi connectivity index (χ4v) is 2.81. The van der Waals surface area contributed by atoms with Crippen molar-refractivity contribution in [1.29, 1.82) is 0 Å². The van der Waals surface area contributed by atoms with E-state index in [1.165, 1.54) is 18.4 Å². The van der Waals surface area contributed by atoms with Crippen LogP contribution >= 0.6 is 27.3 Å². The number of nitrogens with two attached hydrogens (primary N) is 1. The summed E-state index contributed by atoms with van der Waals surface area (Å²) in [5, 5.41) is 0. The van der Waals surface area contributed by atoms with Gasteiger partial charge in [-0.15, -0.1) is 11.3 Å². The lowest BCUT2D eigenvalue weighted by molar-refractivity contribution is 0.103. The van der Waals surface area contributed by atoms with Crippen LogP contribution in [-0.2, 0) is 0 Å². The molecule has 0 unspecified atom stereocenters. The van der Waals surface area contributed by atoms with Gasteiger partial charge in [-0.25, -0.2) is 0 Å². The number of thiophene rings is 1. The Balaban J connectivity index is 2.46. The Morgan fingerprint density at radius 3 is 2.71 bits per heavy atom. The van der Waals surface area contributed by atoms with Crippen LogP contribution in [0.25, 0.3) is 0 Å². The molecule has 5 heteroatoms. The SMILES string of the molecule is COc1ccc(N)cc1C(=O)c1ccc(Br)s1. The molecule has 0 spiro atoms. The first-order valence-corrected chi connectivity index (χ1v) is 6.46. The second-order valence-corrected chi connectivity index (χ2v) is 5.86. The highest BCUT2D eigenvalue weighted by molar-refractivity contribution is 9.11. The number of anilines is 1. The average molecular weight is 312 g/mol. The smallest absolute Gasteiger partial charge is 0.206 e. The molecule has 3 nitrogen and oxygen atoms in total. The van der Waals surface area contributed by atoms with Crippen molar-refractivity contribution in [3.05, 3.63) is 44.6 Å². The van der Waals surface area contributed by atoms with E-state index >= 15 is 0 Å². The van der Waals surface area contributed by atoms with E-state index in [2.05, 4.69) is 15.9 Å². The van der Waals surface area contributed by atoms with Crippen molar-refractivity contribution in [2.75, 3.05) is 12.8 Å². The van der Waals surface area contributed by atoms with E-state index < -0.39 is 0 Å². The molecule has 1 heterocycles. The molecule has 0 amide bonds. The number of ether oxygens (including phenoxy) is 1. The Labute approximate surface area is 111 Å². The van der Waals surface area contributed by atoms with E-state index in [1.54, 1.807) is 24.3 Å². The number of methoxy groups -OCH3 is 1. The van der Waals surface area contributed by atoms with Crippen LogP contribution in [0, 0.1) is 0 Å². The third kappa shape index (κ3) is 2.50. The fraction of sp³-hybridized carbons (Fsp3) is 0.0833. The zero-order valence-corrected chi connectivity index (χ0v) is 11.5. The Hall–Kier alpha value is -1.33. The Morgan fingerprint density at radius 1 is 1.35 bits per heavy atom. The van der Waals surface area contributed by atoms with Gasteiger partial charge in [-0.05, 0) is 46.3 Å². The second kappa shape index (κ2) is 4.89. The first-order chi connectivity index (χ1) is 8.11. The molecule has 0 saturated carbocycles. The lowest BCUT2D eigenvalue weighted by Crippen LogP contribution is -2.03. The summed E-state index contributed by atoms with van der Waals surface area (Å²) >= 11 is 4.72. The number of nitrogen functional groups attached to an aromatic ring is 1. The topological polar surface area (TPSA) is 52.3 Å². The standard InChI is InChI=1S/C12H10BrNO2S/c1-16-9-3-2-7(14)6-8(9)12(15)10-4-5-11(13)17-10/h2-6H,14H2,1H3. The minimum absolute atomic E-state index is 0.0788. The van der Waals surface area contributed by atoms with Crippen LogP contribution in [0.2, 0.25) is 0 Å². The monoisotopic (exact) mass is 311 g/mol. The van der Waals surface area contributed by atoms with Crippen molar-refractivity contribution in [2.45, 2.75) is 0 Å². The highest BCUT2D eigenvalue weighted by Gasteiger charge is 2.16. The van der Waals surface area contributed by atoms with Crippen molar-refractivity contribution in [3.8, 4) is 5.75 Å². The number of hydrogen-bond acceptors (Lipinski definition) is 4. The van der Waals surface area contributed by atoms with Gasteiger partial charge in [-0.2, -0.15) is 0 Å². The lowest BCUT2D eigenvalue weighted by Gasteiger charge is -2.07. The first-order valence-electron chi connectivity index (χ1n) is 4.85. The summed E-state index contributed by atoms with van der Waals surface area (Å²) in [6.07, 6.45) is 0. The molecule has 2 rings (SSSR count). The van der Waals surface area contributed by atoms with E-state index in [1.807, 2.05) is 6.07 Å². The van der Waals surface area contributed by atoms with Gasteiger partial charge in [-0.3, -0.25) is 4.79 Å². The summed E-state index contributed by atoms with van der Waals surface area (Å²) in [5.74, 6) is 0.457. The maximum Gasteiger partial charge on any atom is 0.206 e. The summed E-state index contributed by atoms with van der Waals surface area (Å²) in [6, 6.07) is 8.66. The molecule has 0 aliphatic carbocycles. The largest absolute Gasteiger partial charge is 0.496 e. The minimum Gasteiger partial charge on any atom is -0.496 e. The molecule has 2 N–H and O–H groups in total. The first kappa shape index (κ1) is 12.1. The van der Waals surface area contributed by atoms with Crippen molar-refractivity contribution >= 4 is 38.7 Å². The number of benzene rings is 1. The molecule has 0 aliphatic heterocycles. The molecule has 0 aliphatic rings. The summed E-state index contributed by atoms with van der Waals surface area (Å²) in [4.78, 5) is 12.9. The maximum atomic E-state index is 12.2. The number of halogens is 1. The highest BCUT2D eigenvalue weighted by atomic mass is 79.9. The van der Waals surface area contributed by atoms with Gasteiger partial charge in [0.25, 0.3) is 0 Å². The average Bonchev–Trinajstić information content (AvgIpc) is 2.75. The van der Waals surface area contributed by atoms with Crippen LogP contribution in [0.15, 0.2) is 34.1 Å². The van der Waals surface area contributed by atoms with E-state index in [0.717, 1.165) is 3.79 Å². The van der Waals surface area contributed by atoms with Crippen LogP contribution < -0.4 is 10.5 Å². The van der Waals surface area contributed by atoms with Crippen molar-refractivity contribution in [3.63, 3.8) is 0 Å². The van der Waals surface area contributed by atoms with E-state index in [0.29, 0.717) is 21.9 Å². The van der Waals surface area contributed by atoms with Gasteiger partial charge < -0.3 is 10.5 Å². The molecule has 0 saturated heterocycles. The lowest BCUT2D eigenvalue weighted by atomic mass is 10.1. The second-order valence-electron chi connectivity index (χ2n) is 3.39. The predicted molar refractivity (Wildman–Crippen MR) is 72.9 cm³/mol. The molecule has 0 fully saturated rings. The summed E-state index contributed by atoms with van der Waals surface area (Å²) in [7, 11) is 1.53. The van der Waals surface area contributed by atoms with Gasteiger partial charge in [0.05, 0.1) is 21.3 Å². The summed E-state index contributed by atoms with van der Waals surface area (Å²) in [6.45, 7) is 0. The van der Waals surface area contributed by atoms with Crippen LogP contribution in [0.1, 0.15) is 15.2 Å². The van der Waals surface area contributed by atoms with E-state index in [-0.39, 0.29) is 5.78 Å². The van der Waals surface area contributed by atoms with Gasteiger partial charge in [0.1, 0.15) is 5.75 Å². The molecule has 0 atom stereocenters. The quantitative estimate of drug-likeness (QED) is 0.698. The molecule has 0 radical (unpaired) electrons. The number of carbonyl (C=O) groups excluding carboxylic acids is 1. The van der Waals surface area contributed by atoms with E-state index in [4.69, 9.17) is 10.5 Å². The summed E-state index contributed by atoms with van der Waals surface area (Å²) in [5.41, 5.74) is 6.72. The van der Waals surface area contributed by atoms with Crippen molar-refractivity contribution in [2.24, 2.45) is 0 Å². The summed E-state index contributed by atoms with van der Waals surface area (Å²) < 4.78 is 6.09. The van der Waals surface area contributed by atoms with Crippen LogP contribution in [-0.4, -0.2) is 12.9 Å². The molecule has 0 bridgehead atoms. The van der Waals surface area contributed by atoms with Gasteiger partial charge in [0.2, 0.25) is 5.78 Å². The minimum atomic E-state index is -0.0788. The van der Waals surface area contributed by atoms with E-state index in [9.17, 15) is 4.79 Å². The molecule has 1 aromatic carbocycles. The molecule has 2 aromatic rings. The highest BCUT2D eigenvalue weighted by Crippen LogP contribution is 2.28. The third-order valence-electron chi connectivity index (χ3n) is 2.27. The number of carbonyl (C=O) groups is 1. The van der Waals surface area contributed by atoms with Gasteiger partial charge in [0.15, 0.2) is 0 Å². The predicted octanol–water partition coefficient (Wildman–Crippen LogP) is 3.33. The normalized spacial score (nSPS) is 10.2. The van der Waals surface area contributed by atoms with Gasteiger partial charge in [-0.1, -0.05) is 0 Å². The van der Waals surface area contributed by atoms with Crippen molar-refractivity contribution in [1.82, 2.24) is 0 Å². The van der Waals surface area contributed by atoms with Gasteiger partial charge >= 0.3 is 0 Å². The van der Waals surface area contributed by atoms with Crippen LogP contribution in [0.5, 0.6) is 5.75 Å². The zero-order chi connectivity index (χ0) is 12.4. The molecule has 88 valence electrons. The zero-order valence-electron chi connectivity index (χ0n) is 9.07. The molecule has 1 aromatic heterocycles. The maximum absolute atomic E-state index is 12.2. The van der Waals surface area contributed by atoms with Crippen LogP contribution in [0.4, 0.5) is 5.69 Å². The Bertz CT molecular complexity index is 565. The number of rotatable bonds is 3. The Kier molecular flexibility index (Phi) is 3.49. The molecule has 17 heavy (non-hydrogen) atoms. The number of ketones is 1. The van der Waals surface area contributed by atoms with Gasteiger partial charge in [0, 0.05) is 5.69 Å². The molecular weight excluding hydrogens is 302 g/mol.